The van der Waals surface area contributed by atoms with Gasteiger partial charge < -0.3 is 5.32 Å². The smallest absolute Gasteiger partial charge is 0.323 e. The van der Waals surface area contributed by atoms with Crippen LogP contribution in [0, 0.1) is 0 Å². The highest BCUT2D eigenvalue weighted by Crippen LogP contribution is 2.40. The number of anilines is 2. The largest absolute Gasteiger partial charge is 0.408 e. The molecule has 4 heterocycles. The molecule has 0 radical (unpaired) electrons. The van der Waals surface area contributed by atoms with Crippen molar-refractivity contribution in [3.8, 4) is 11.1 Å². The third-order valence-electron chi connectivity index (χ3n) is 4.83. The Morgan fingerprint density at radius 2 is 1.87 bits per heavy atom. The predicted molar refractivity (Wildman–Crippen MR) is 104 cm³/mol. The minimum atomic E-state index is -4.33. The summed E-state index contributed by atoms with van der Waals surface area (Å²) >= 11 is 0. The predicted octanol–water partition coefficient (Wildman–Crippen LogP) is 4.47. The number of nitrogens with zero attached hydrogens (tertiary/aromatic N) is 6. The zero-order valence-electron chi connectivity index (χ0n) is 15.6. The summed E-state index contributed by atoms with van der Waals surface area (Å²) in [5, 5.41) is 15.1. The fourth-order valence-electron chi connectivity index (χ4n) is 3.23. The average Bonchev–Trinajstić information content (AvgIpc) is 3.46. The van der Waals surface area contributed by atoms with Crippen LogP contribution in [0.3, 0.4) is 0 Å². The summed E-state index contributed by atoms with van der Waals surface area (Å²) < 4.78 is 38.5. The zero-order chi connectivity index (χ0) is 20.7. The summed E-state index contributed by atoms with van der Waals surface area (Å²) in [7, 11) is 0. The normalized spacial score (nSPS) is 14.2. The van der Waals surface area contributed by atoms with E-state index in [0.717, 1.165) is 10.2 Å². The molecule has 0 atom stereocenters. The number of aromatic nitrogens is 6. The van der Waals surface area contributed by atoms with Crippen LogP contribution in [0.4, 0.5) is 24.8 Å². The van der Waals surface area contributed by atoms with Crippen molar-refractivity contribution in [2.75, 3.05) is 5.32 Å². The van der Waals surface area contributed by atoms with Crippen LogP contribution in [0.2, 0.25) is 0 Å². The van der Waals surface area contributed by atoms with E-state index in [1.807, 2.05) is 12.1 Å². The monoisotopic (exact) mass is 411 g/mol. The second-order valence-corrected chi connectivity index (χ2v) is 7.27. The highest BCUT2D eigenvalue weighted by Gasteiger charge is 2.28. The molecule has 1 fully saturated rings. The molecule has 0 aromatic carbocycles. The molecule has 1 N–H and O–H groups in total. The molecular weight excluding hydrogens is 395 g/mol. The molecule has 1 aliphatic carbocycles. The van der Waals surface area contributed by atoms with Crippen molar-refractivity contribution in [1.29, 1.82) is 0 Å². The molecule has 0 bridgehead atoms. The Balaban J connectivity index is 1.41. The van der Waals surface area contributed by atoms with Crippen LogP contribution in [-0.4, -0.2) is 36.1 Å². The lowest BCUT2D eigenvalue weighted by atomic mass is 10.1. The standard InChI is InChI=1S/C20H16F3N7/c21-20(22,23)11-30-10-15(9-26-30)13-5-17-16(24-7-13)3-4-18(27-17)28-19-6-14(8-25-29-19)12-1-2-12/h3-10,12H,1-2,11H2,(H,27,28,29). The summed E-state index contributed by atoms with van der Waals surface area (Å²) in [5.41, 5.74) is 3.61. The number of hydrogen-bond acceptors (Lipinski definition) is 6. The number of alkyl halides is 3. The van der Waals surface area contributed by atoms with E-state index in [1.54, 1.807) is 24.5 Å². The Kier molecular flexibility index (Phi) is 4.34. The molecular formula is C20H16F3N7. The fourth-order valence-corrected chi connectivity index (χ4v) is 3.23. The van der Waals surface area contributed by atoms with Crippen molar-refractivity contribution in [1.82, 2.24) is 29.9 Å². The Hall–Kier alpha value is -3.56. The number of nitrogens with one attached hydrogen (secondary N) is 1. The van der Waals surface area contributed by atoms with Gasteiger partial charge in [0.2, 0.25) is 0 Å². The third kappa shape index (κ3) is 4.07. The molecule has 4 aromatic heterocycles. The van der Waals surface area contributed by atoms with E-state index in [4.69, 9.17) is 0 Å². The number of halogens is 3. The Bertz CT molecular complexity index is 1210. The molecule has 4 aromatic rings. The van der Waals surface area contributed by atoms with Gasteiger partial charge in [-0.15, -0.1) is 5.10 Å². The lowest BCUT2D eigenvalue weighted by Crippen LogP contribution is -2.17. The van der Waals surface area contributed by atoms with E-state index in [-0.39, 0.29) is 0 Å². The van der Waals surface area contributed by atoms with Crippen LogP contribution in [-0.2, 0) is 6.54 Å². The first-order chi connectivity index (χ1) is 14.4. The minimum absolute atomic E-state index is 0.539. The van der Waals surface area contributed by atoms with Gasteiger partial charge in [-0.1, -0.05) is 0 Å². The van der Waals surface area contributed by atoms with Crippen LogP contribution >= 0.6 is 0 Å². The van der Waals surface area contributed by atoms with Crippen LogP contribution in [0.1, 0.15) is 24.3 Å². The minimum Gasteiger partial charge on any atom is -0.323 e. The van der Waals surface area contributed by atoms with Gasteiger partial charge in [0.05, 0.1) is 23.4 Å². The van der Waals surface area contributed by atoms with Gasteiger partial charge in [-0.3, -0.25) is 9.67 Å². The van der Waals surface area contributed by atoms with Crippen LogP contribution in [0.5, 0.6) is 0 Å². The van der Waals surface area contributed by atoms with Crippen LogP contribution in [0.15, 0.2) is 49.1 Å². The first-order valence-corrected chi connectivity index (χ1v) is 9.39. The zero-order valence-corrected chi connectivity index (χ0v) is 15.6. The Labute approximate surface area is 169 Å². The van der Waals surface area contributed by atoms with Gasteiger partial charge in [-0.2, -0.15) is 23.4 Å². The van der Waals surface area contributed by atoms with Gasteiger partial charge in [0, 0.05) is 23.5 Å². The maximum Gasteiger partial charge on any atom is 0.408 e. The molecule has 152 valence electrons. The summed E-state index contributed by atoms with van der Waals surface area (Å²) in [6.45, 7) is -1.14. The number of pyridine rings is 2. The van der Waals surface area contributed by atoms with Gasteiger partial charge in [0.25, 0.3) is 0 Å². The lowest BCUT2D eigenvalue weighted by Gasteiger charge is -2.07. The molecule has 5 rings (SSSR count). The maximum atomic E-state index is 12.6. The Morgan fingerprint density at radius 3 is 2.67 bits per heavy atom. The van der Waals surface area contributed by atoms with Crippen molar-refractivity contribution < 1.29 is 13.2 Å². The summed E-state index contributed by atoms with van der Waals surface area (Å²) in [4.78, 5) is 8.92. The first-order valence-electron chi connectivity index (χ1n) is 9.39. The van der Waals surface area contributed by atoms with E-state index < -0.39 is 12.7 Å². The van der Waals surface area contributed by atoms with E-state index in [9.17, 15) is 13.2 Å². The summed E-state index contributed by atoms with van der Waals surface area (Å²) in [5.74, 6) is 1.76. The van der Waals surface area contributed by atoms with Crippen LogP contribution in [0.25, 0.3) is 22.2 Å². The molecule has 1 aliphatic rings. The van der Waals surface area contributed by atoms with E-state index >= 15 is 0 Å². The lowest BCUT2D eigenvalue weighted by molar-refractivity contribution is -0.142. The van der Waals surface area contributed by atoms with Crippen molar-refractivity contribution in [3.05, 3.63) is 54.6 Å². The maximum absolute atomic E-state index is 12.6. The molecule has 0 aliphatic heterocycles. The Morgan fingerprint density at radius 1 is 1.00 bits per heavy atom. The molecule has 7 nitrogen and oxygen atoms in total. The molecule has 0 unspecified atom stereocenters. The number of hydrogen-bond donors (Lipinski definition) is 1. The van der Waals surface area contributed by atoms with Crippen molar-refractivity contribution in [3.63, 3.8) is 0 Å². The number of rotatable bonds is 5. The molecule has 30 heavy (non-hydrogen) atoms. The average molecular weight is 411 g/mol. The fraction of sp³-hybridized carbons (Fsp3) is 0.250. The molecule has 10 heteroatoms. The van der Waals surface area contributed by atoms with Gasteiger partial charge in [0.1, 0.15) is 12.4 Å². The van der Waals surface area contributed by atoms with Crippen molar-refractivity contribution in [2.45, 2.75) is 31.5 Å². The second kappa shape index (κ2) is 7.05. The van der Waals surface area contributed by atoms with E-state index in [0.29, 0.717) is 39.7 Å². The third-order valence-corrected chi connectivity index (χ3v) is 4.83. The summed E-state index contributed by atoms with van der Waals surface area (Å²) in [6.07, 6.45) is 4.13. The first kappa shape index (κ1) is 18.5. The topological polar surface area (TPSA) is 81.4 Å². The number of fused-ring (bicyclic) bond motifs is 1. The van der Waals surface area contributed by atoms with Gasteiger partial charge in [-0.05, 0) is 48.6 Å². The molecule has 1 saturated carbocycles. The SMILES string of the molecule is FC(F)(F)Cn1cc(-c2cnc3ccc(Nc4cc(C5CC5)cnn4)nc3c2)cn1. The molecule has 0 saturated heterocycles. The quantitative estimate of drug-likeness (QED) is 0.522. The van der Waals surface area contributed by atoms with Crippen LogP contribution < -0.4 is 5.32 Å². The van der Waals surface area contributed by atoms with Gasteiger partial charge in [0.15, 0.2) is 5.82 Å². The van der Waals surface area contributed by atoms with Gasteiger partial charge in [-0.25, -0.2) is 4.98 Å². The molecule has 0 amide bonds. The highest BCUT2D eigenvalue weighted by atomic mass is 19.4. The van der Waals surface area contributed by atoms with E-state index in [2.05, 4.69) is 30.6 Å². The van der Waals surface area contributed by atoms with Gasteiger partial charge >= 0.3 is 6.18 Å². The second-order valence-electron chi connectivity index (χ2n) is 7.27. The molecule has 0 spiro atoms. The van der Waals surface area contributed by atoms with Crippen molar-refractivity contribution >= 4 is 22.7 Å². The van der Waals surface area contributed by atoms with E-state index in [1.165, 1.54) is 25.2 Å². The van der Waals surface area contributed by atoms with Crippen molar-refractivity contribution in [2.24, 2.45) is 0 Å². The summed E-state index contributed by atoms with van der Waals surface area (Å²) in [6, 6.07) is 7.36. The highest BCUT2D eigenvalue weighted by molar-refractivity contribution is 5.81.